The molecule has 0 aliphatic carbocycles. The van der Waals surface area contributed by atoms with Gasteiger partial charge in [-0.3, -0.25) is 0 Å². The molecule has 0 heterocycles. The maximum atomic E-state index is 5.07. The van der Waals surface area contributed by atoms with E-state index in [4.69, 9.17) is 4.84 Å². The van der Waals surface area contributed by atoms with Crippen LogP contribution in [0.5, 0.6) is 0 Å². The Labute approximate surface area is 80.1 Å². The molecule has 0 bridgehead atoms. The lowest BCUT2D eigenvalue weighted by molar-refractivity contribution is -0.116. The Morgan fingerprint density at radius 3 is 2.15 bits per heavy atom. The van der Waals surface area contributed by atoms with Crippen LogP contribution in [0, 0.1) is 13.8 Å². The molecule has 0 aromatic heterocycles. The van der Waals surface area contributed by atoms with Crippen LogP contribution in [0.25, 0.3) is 0 Å². The number of rotatable bonds is 3. The van der Waals surface area contributed by atoms with Crippen molar-refractivity contribution in [1.29, 1.82) is 0 Å². The van der Waals surface area contributed by atoms with Crippen LogP contribution in [-0.4, -0.2) is 19.2 Å². The van der Waals surface area contributed by atoms with Crippen LogP contribution in [0.3, 0.4) is 0 Å². The van der Waals surface area contributed by atoms with E-state index in [0.29, 0.717) is 0 Å². The molecule has 1 aromatic carbocycles. The molecule has 1 rings (SSSR count). The van der Waals surface area contributed by atoms with Crippen LogP contribution >= 0.6 is 0 Å². The lowest BCUT2D eigenvalue weighted by Gasteiger charge is -2.14. The Balaban J connectivity index is 2.77. The van der Waals surface area contributed by atoms with E-state index in [1.807, 2.05) is 12.1 Å². The number of aryl methyl sites for hydroxylation is 2. The molecule has 2 nitrogen and oxygen atoms in total. The molecule has 0 aliphatic rings. The highest BCUT2D eigenvalue weighted by atomic mass is 16.7. The van der Waals surface area contributed by atoms with Gasteiger partial charge in [0, 0.05) is 13.6 Å². The zero-order valence-electron chi connectivity index (χ0n) is 8.79. The number of benzene rings is 1. The Kier molecular flexibility index (Phi) is 3.46. The van der Waals surface area contributed by atoms with Gasteiger partial charge in [-0.1, -0.05) is 29.3 Å². The first-order chi connectivity index (χ1) is 6.11. The molecule has 0 saturated heterocycles. The number of hydroxylamine groups is 2. The zero-order chi connectivity index (χ0) is 9.84. The van der Waals surface area contributed by atoms with Crippen molar-refractivity contribution in [2.45, 2.75) is 20.4 Å². The maximum Gasteiger partial charge on any atom is 0.0575 e. The van der Waals surface area contributed by atoms with Crippen molar-refractivity contribution in [3.05, 3.63) is 34.9 Å². The van der Waals surface area contributed by atoms with Gasteiger partial charge >= 0.3 is 0 Å². The molecule has 0 fully saturated rings. The molecule has 0 N–H and O–H groups in total. The molecule has 0 aliphatic heterocycles. The van der Waals surface area contributed by atoms with Crippen LogP contribution in [0.15, 0.2) is 18.2 Å². The first-order valence-electron chi connectivity index (χ1n) is 4.44. The van der Waals surface area contributed by atoms with Crippen LogP contribution in [0.1, 0.15) is 16.7 Å². The number of hydrogen-bond donors (Lipinski definition) is 0. The molecule has 2 heteroatoms. The minimum absolute atomic E-state index is 0.832. The van der Waals surface area contributed by atoms with Crippen LogP contribution < -0.4 is 0 Å². The summed E-state index contributed by atoms with van der Waals surface area (Å²) in [4.78, 5) is 5.07. The summed E-state index contributed by atoms with van der Waals surface area (Å²) in [6, 6.07) is 6.54. The minimum atomic E-state index is 0.832. The van der Waals surface area contributed by atoms with Gasteiger partial charge in [-0.15, -0.1) is 0 Å². The first-order valence-corrected chi connectivity index (χ1v) is 4.44. The monoisotopic (exact) mass is 179 g/mol. The predicted octanol–water partition coefficient (Wildman–Crippen LogP) is 2.30. The van der Waals surface area contributed by atoms with E-state index in [-0.39, 0.29) is 0 Å². The molecule has 0 unspecified atom stereocenters. The highest BCUT2D eigenvalue weighted by Gasteiger charge is 1.99. The third-order valence-corrected chi connectivity index (χ3v) is 2.00. The fourth-order valence-electron chi connectivity index (χ4n) is 1.48. The topological polar surface area (TPSA) is 12.5 Å². The smallest absolute Gasteiger partial charge is 0.0575 e. The SMILES string of the molecule is CON(C)Cc1cc(C)cc(C)c1. The van der Waals surface area contributed by atoms with Crippen molar-refractivity contribution in [3.63, 3.8) is 0 Å². The Morgan fingerprint density at radius 1 is 1.15 bits per heavy atom. The second-order valence-corrected chi connectivity index (χ2v) is 3.46. The first kappa shape index (κ1) is 10.2. The average Bonchev–Trinajstić information content (AvgIpc) is 2.02. The zero-order valence-corrected chi connectivity index (χ0v) is 8.79. The molecule has 72 valence electrons. The summed E-state index contributed by atoms with van der Waals surface area (Å²) < 4.78 is 0. The van der Waals surface area contributed by atoms with E-state index in [1.165, 1.54) is 16.7 Å². The van der Waals surface area contributed by atoms with E-state index in [2.05, 4.69) is 32.0 Å². The van der Waals surface area contributed by atoms with Crippen molar-refractivity contribution in [1.82, 2.24) is 5.06 Å². The minimum Gasteiger partial charge on any atom is -0.302 e. The Hall–Kier alpha value is -0.860. The normalized spacial score (nSPS) is 10.8. The van der Waals surface area contributed by atoms with Crippen molar-refractivity contribution in [2.24, 2.45) is 0 Å². The van der Waals surface area contributed by atoms with Crippen LogP contribution in [0.2, 0.25) is 0 Å². The molecule has 0 amide bonds. The third-order valence-electron chi connectivity index (χ3n) is 2.00. The lowest BCUT2D eigenvalue weighted by atomic mass is 10.1. The second-order valence-electron chi connectivity index (χ2n) is 3.46. The van der Waals surface area contributed by atoms with Crippen LogP contribution in [-0.2, 0) is 11.4 Å². The van der Waals surface area contributed by atoms with Gasteiger partial charge in [0.15, 0.2) is 0 Å². The largest absolute Gasteiger partial charge is 0.302 e. The van der Waals surface area contributed by atoms with E-state index in [0.717, 1.165) is 6.54 Å². The molecule has 1 aromatic rings. The quantitative estimate of drug-likeness (QED) is 0.660. The van der Waals surface area contributed by atoms with Gasteiger partial charge in [-0.25, -0.2) is 0 Å². The van der Waals surface area contributed by atoms with E-state index >= 15 is 0 Å². The van der Waals surface area contributed by atoms with Crippen molar-refractivity contribution < 1.29 is 4.84 Å². The van der Waals surface area contributed by atoms with Gasteiger partial charge < -0.3 is 4.84 Å². The van der Waals surface area contributed by atoms with Crippen molar-refractivity contribution in [2.75, 3.05) is 14.2 Å². The molecule has 0 radical (unpaired) electrons. The summed E-state index contributed by atoms with van der Waals surface area (Å²) in [7, 11) is 3.61. The summed E-state index contributed by atoms with van der Waals surface area (Å²) in [5, 5.41) is 1.81. The maximum absolute atomic E-state index is 5.07. The van der Waals surface area contributed by atoms with Gasteiger partial charge in [-0.2, -0.15) is 5.06 Å². The molecular weight excluding hydrogens is 162 g/mol. The lowest BCUT2D eigenvalue weighted by Crippen LogP contribution is -2.15. The average molecular weight is 179 g/mol. The van der Waals surface area contributed by atoms with Gasteiger partial charge in [0.1, 0.15) is 0 Å². The fourth-order valence-corrected chi connectivity index (χ4v) is 1.48. The van der Waals surface area contributed by atoms with Crippen molar-refractivity contribution >= 4 is 0 Å². The van der Waals surface area contributed by atoms with Gasteiger partial charge in [0.2, 0.25) is 0 Å². The third kappa shape index (κ3) is 3.17. The summed E-state index contributed by atoms with van der Waals surface area (Å²) in [6.07, 6.45) is 0. The number of nitrogens with zero attached hydrogens (tertiary/aromatic N) is 1. The summed E-state index contributed by atoms with van der Waals surface area (Å²) in [6.45, 7) is 5.06. The molecule has 0 saturated carbocycles. The summed E-state index contributed by atoms with van der Waals surface area (Å²) in [5.74, 6) is 0. The van der Waals surface area contributed by atoms with Gasteiger partial charge in [0.25, 0.3) is 0 Å². The predicted molar refractivity (Wildman–Crippen MR) is 54.4 cm³/mol. The Morgan fingerprint density at radius 2 is 1.69 bits per heavy atom. The highest BCUT2D eigenvalue weighted by Crippen LogP contribution is 2.10. The Bertz CT molecular complexity index is 263. The van der Waals surface area contributed by atoms with E-state index < -0.39 is 0 Å². The molecule has 0 spiro atoms. The molecule has 13 heavy (non-hydrogen) atoms. The van der Waals surface area contributed by atoms with Gasteiger partial charge in [-0.05, 0) is 19.4 Å². The molecule has 0 atom stereocenters. The van der Waals surface area contributed by atoms with E-state index in [9.17, 15) is 0 Å². The van der Waals surface area contributed by atoms with E-state index in [1.54, 1.807) is 7.11 Å². The highest BCUT2D eigenvalue weighted by molar-refractivity contribution is 5.28. The van der Waals surface area contributed by atoms with Gasteiger partial charge in [0.05, 0.1) is 7.11 Å². The number of hydrogen-bond acceptors (Lipinski definition) is 2. The van der Waals surface area contributed by atoms with Crippen LogP contribution in [0.4, 0.5) is 0 Å². The summed E-state index contributed by atoms with van der Waals surface area (Å²) in [5.41, 5.74) is 3.90. The standard InChI is InChI=1S/C11H17NO/c1-9-5-10(2)7-11(6-9)8-12(3)13-4/h5-7H,8H2,1-4H3. The molecular formula is C11H17NO. The van der Waals surface area contributed by atoms with Crippen molar-refractivity contribution in [3.8, 4) is 0 Å². The summed E-state index contributed by atoms with van der Waals surface area (Å²) >= 11 is 0. The second kappa shape index (κ2) is 4.40. The fraction of sp³-hybridized carbons (Fsp3) is 0.455.